The minimum Gasteiger partial charge on any atom is -0.481 e. The van der Waals surface area contributed by atoms with E-state index in [1.54, 1.807) is 0 Å². The highest BCUT2D eigenvalue weighted by atomic mass is 16.4. The Morgan fingerprint density at radius 1 is 1.44 bits per heavy atom. The molecule has 0 spiro atoms. The Morgan fingerprint density at radius 3 is 2.89 bits per heavy atom. The first kappa shape index (κ1) is 12.6. The van der Waals surface area contributed by atoms with Gasteiger partial charge in [0.05, 0.1) is 0 Å². The zero-order chi connectivity index (χ0) is 13.1. The van der Waals surface area contributed by atoms with Crippen LogP contribution in [0.5, 0.6) is 0 Å². The smallest absolute Gasteiger partial charge is 0.303 e. The van der Waals surface area contributed by atoms with Crippen LogP contribution in [0.1, 0.15) is 43.2 Å². The number of nitrogens with one attached hydrogen (secondary N) is 1. The van der Waals surface area contributed by atoms with E-state index in [1.165, 1.54) is 18.1 Å². The van der Waals surface area contributed by atoms with Crippen molar-refractivity contribution in [1.82, 2.24) is 0 Å². The summed E-state index contributed by atoms with van der Waals surface area (Å²) >= 11 is 0. The summed E-state index contributed by atoms with van der Waals surface area (Å²) in [5.41, 5.74) is 3.29. The number of anilines is 1. The molecule has 1 aromatic rings. The minimum absolute atomic E-state index is 0.0737. The summed E-state index contributed by atoms with van der Waals surface area (Å²) in [7, 11) is 0. The van der Waals surface area contributed by atoms with Crippen LogP contribution in [0.15, 0.2) is 18.2 Å². The molecule has 4 nitrogen and oxygen atoms in total. The molecule has 4 heteroatoms. The molecule has 0 aliphatic heterocycles. The highest BCUT2D eigenvalue weighted by Gasteiger charge is 2.23. The Bertz CT molecular complexity index is 482. The number of aryl methyl sites for hydroxylation is 1. The van der Waals surface area contributed by atoms with E-state index in [2.05, 4.69) is 5.32 Å². The number of carbonyl (C=O) groups excluding carboxylic acids is 1. The Kier molecular flexibility index (Phi) is 3.65. The Hall–Kier alpha value is -1.84. The summed E-state index contributed by atoms with van der Waals surface area (Å²) < 4.78 is 0. The van der Waals surface area contributed by atoms with Gasteiger partial charge >= 0.3 is 5.97 Å². The number of carboxylic acid groups (broad SMARTS) is 1. The number of hydrogen-bond acceptors (Lipinski definition) is 2. The van der Waals surface area contributed by atoms with E-state index in [9.17, 15) is 9.59 Å². The molecule has 1 aliphatic rings. The van der Waals surface area contributed by atoms with Crippen molar-refractivity contribution >= 4 is 17.6 Å². The summed E-state index contributed by atoms with van der Waals surface area (Å²) in [6.45, 7) is 1.49. The zero-order valence-corrected chi connectivity index (χ0v) is 10.4. The molecule has 2 rings (SSSR count). The predicted octanol–water partition coefficient (Wildman–Crippen LogP) is 2.54. The van der Waals surface area contributed by atoms with Crippen molar-refractivity contribution in [2.45, 2.75) is 38.5 Å². The van der Waals surface area contributed by atoms with Crippen LogP contribution in [0.25, 0.3) is 0 Å². The van der Waals surface area contributed by atoms with E-state index in [1.807, 2.05) is 18.2 Å². The fourth-order valence-corrected chi connectivity index (χ4v) is 2.58. The SMILES string of the molecule is CC(=O)Nc1ccc2c(c1)CCC2CCC(=O)O. The maximum atomic E-state index is 11.0. The number of fused-ring (bicyclic) bond motifs is 1. The molecule has 2 N–H and O–H groups in total. The molecule has 0 saturated carbocycles. The van der Waals surface area contributed by atoms with Gasteiger partial charge in [0.1, 0.15) is 0 Å². The van der Waals surface area contributed by atoms with Crippen LogP contribution >= 0.6 is 0 Å². The second kappa shape index (κ2) is 5.21. The molecule has 18 heavy (non-hydrogen) atoms. The Labute approximate surface area is 106 Å². The third-order valence-electron chi connectivity index (χ3n) is 3.37. The summed E-state index contributed by atoms with van der Waals surface area (Å²) in [4.78, 5) is 21.6. The van der Waals surface area contributed by atoms with E-state index in [0.29, 0.717) is 12.3 Å². The van der Waals surface area contributed by atoms with Gasteiger partial charge in [-0.15, -0.1) is 0 Å². The van der Waals surface area contributed by atoms with E-state index in [4.69, 9.17) is 5.11 Å². The number of benzene rings is 1. The summed E-state index contributed by atoms with van der Waals surface area (Å²) in [5, 5.41) is 11.5. The van der Waals surface area contributed by atoms with Gasteiger partial charge in [0, 0.05) is 19.0 Å². The lowest BCUT2D eigenvalue weighted by Crippen LogP contribution is -2.06. The van der Waals surface area contributed by atoms with Crippen molar-refractivity contribution in [1.29, 1.82) is 0 Å². The number of hydrogen-bond donors (Lipinski definition) is 2. The van der Waals surface area contributed by atoms with Gasteiger partial charge in [0.25, 0.3) is 0 Å². The van der Waals surface area contributed by atoms with Crippen LogP contribution in [0.4, 0.5) is 5.69 Å². The standard InChI is InChI=1S/C14H17NO3/c1-9(16)15-12-5-6-13-10(4-7-14(17)18)2-3-11(13)8-12/h5-6,8,10H,2-4,7H2,1H3,(H,15,16)(H,17,18). The molecule has 1 atom stereocenters. The van der Waals surface area contributed by atoms with Crippen LogP contribution in [-0.4, -0.2) is 17.0 Å². The maximum Gasteiger partial charge on any atom is 0.303 e. The summed E-state index contributed by atoms with van der Waals surface area (Å²) in [6, 6.07) is 5.90. The Morgan fingerprint density at radius 2 is 2.22 bits per heavy atom. The molecule has 96 valence electrons. The molecule has 0 bridgehead atoms. The van der Waals surface area contributed by atoms with Gasteiger partial charge in [-0.25, -0.2) is 0 Å². The molecular formula is C14H17NO3. The van der Waals surface area contributed by atoms with Gasteiger partial charge in [-0.2, -0.15) is 0 Å². The van der Waals surface area contributed by atoms with Crippen LogP contribution in [0.3, 0.4) is 0 Å². The minimum atomic E-state index is -0.738. The first-order valence-corrected chi connectivity index (χ1v) is 6.18. The van der Waals surface area contributed by atoms with Gasteiger partial charge < -0.3 is 10.4 Å². The molecule has 0 fully saturated rings. The average Bonchev–Trinajstić information content (AvgIpc) is 2.68. The molecule has 1 aromatic carbocycles. The lowest BCUT2D eigenvalue weighted by atomic mass is 9.96. The number of rotatable bonds is 4. The third kappa shape index (κ3) is 2.88. The zero-order valence-electron chi connectivity index (χ0n) is 10.4. The first-order chi connectivity index (χ1) is 8.56. The molecule has 0 saturated heterocycles. The molecule has 1 amide bonds. The molecule has 1 aliphatic carbocycles. The quantitative estimate of drug-likeness (QED) is 0.859. The maximum absolute atomic E-state index is 11.0. The van der Waals surface area contributed by atoms with Gasteiger partial charge in [-0.3, -0.25) is 9.59 Å². The van der Waals surface area contributed by atoms with Crippen molar-refractivity contribution in [3.05, 3.63) is 29.3 Å². The van der Waals surface area contributed by atoms with E-state index < -0.39 is 5.97 Å². The number of carboxylic acids is 1. The van der Waals surface area contributed by atoms with Gasteiger partial charge in [0.2, 0.25) is 5.91 Å². The normalized spacial score (nSPS) is 17.3. The second-order valence-corrected chi connectivity index (χ2v) is 4.76. The van der Waals surface area contributed by atoms with Gasteiger partial charge in [-0.1, -0.05) is 6.07 Å². The third-order valence-corrected chi connectivity index (χ3v) is 3.37. The van der Waals surface area contributed by atoms with Crippen molar-refractivity contribution < 1.29 is 14.7 Å². The average molecular weight is 247 g/mol. The van der Waals surface area contributed by atoms with Crippen molar-refractivity contribution in [2.24, 2.45) is 0 Å². The van der Waals surface area contributed by atoms with Gasteiger partial charge in [-0.05, 0) is 48.4 Å². The fraction of sp³-hybridized carbons (Fsp3) is 0.429. The fourth-order valence-electron chi connectivity index (χ4n) is 2.58. The lowest BCUT2D eigenvalue weighted by Gasteiger charge is -2.11. The molecular weight excluding hydrogens is 230 g/mol. The summed E-state index contributed by atoms with van der Waals surface area (Å²) in [5.74, 6) is -0.462. The molecule has 0 aromatic heterocycles. The molecule has 0 heterocycles. The highest BCUT2D eigenvalue weighted by molar-refractivity contribution is 5.88. The van der Waals surface area contributed by atoms with Crippen LogP contribution in [0.2, 0.25) is 0 Å². The monoisotopic (exact) mass is 247 g/mol. The topological polar surface area (TPSA) is 66.4 Å². The predicted molar refractivity (Wildman–Crippen MR) is 68.7 cm³/mol. The molecule has 0 radical (unpaired) electrons. The highest BCUT2D eigenvalue weighted by Crippen LogP contribution is 2.37. The lowest BCUT2D eigenvalue weighted by molar-refractivity contribution is -0.137. The van der Waals surface area contributed by atoms with Crippen LogP contribution in [-0.2, 0) is 16.0 Å². The Balaban J connectivity index is 2.09. The van der Waals surface area contributed by atoms with Crippen LogP contribution < -0.4 is 5.32 Å². The van der Waals surface area contributed by atoms with Crippen molar-refractivity contribution in [3.8, 4) is 0 Å². The largest absolute Gasteiger partial charge is 0.481 e. The van der Waals surface area contributed by atoms with Crippen molar-refractivity contribution in [2.75, 3.05) is 5.32 Å². The first-order valence-electron chi connectivity index (χ1n) is 6.18. The number of aliphatic carboxylic acids is 1. The van der Waals surface area contributed by atoms with Gasteiger partial charge in [0.15, 0.2) is 0 Å². The number of amides is 1. The molecule has 1 unspecified atom stereocenters. The second-order valence-electron chi connectivity index (χ2n) is 4.76. The van der Waals surface area contributed by atoms with Crippen LogP contribution in [0, 0.1) is 0 Å². The van der Waals surface area contributed by atoms with Crippen molar-refractivity contribution in [3.63, 3.8) is 0 Å². The van der Waals surface area contributed by atoms with E-state index >= 15 is 0 Å². The summed E-state index contributed by atoms with van der Waals surface area (Å²) in [6.07, 6.45) is 2.89. The number of carbonyl (C=O) groups is 2. The van der Waals surface area contributed by atoms with E-state index in [-0.39, 0.29) is 12.3 Å². The van der Waals surface area contributed by atoms with E-state index in [0.717, 1.165) is 18.5 Å².